The Morgan fingerprint density at radius 3 is 2.62 bits per heavy atom. The van der Waals surface area contributed by atoms with Crippen molar-refractivity contribution in [2.75, 3.05) is 6.54 Å². The third kappa shape index (κ3) is 1.85. The first-order valence-corrected chi connectivity index (χ1v) is 5.23. The van der Waals surface area contributed by atoms with Crippen LogP contribution in [0.5, 0.6) is 0 Å². The van der Waals surface area contributed by atoms with Gasteiger partial charge in [-0.2, -0.15) is 0 Å². The molecule has 0 spiro atoms. The van der Waals surface area contributed by atoms with Gasteiger partial charge in [0.05, 0.1) is 0 Å². The second kappa shape index (κ2) is 3.66. The molecule has 2 fully saturated rings. The van der Waals surface area contributed by atoms with E-state index in [1.165, 1.54) is 25.7 Å². The predicted molar refractivity (Wildman–Crippen MR) is 49.5 cm³/mol. The Bertz CT molecular complexity index is 205. The molecule has 1 heterocycles. The van der Waals surface area contributed by atoms with Crippen molar-refractivity contribution in [3.05, 3.63) is 0 Å². The first-order chi connectivity index (χ1) is 6.27. The summed E-state index contributed by atoms with van der Waals surface area (Å²) in [4.78, 5) is 10.8. The highest BCUT2D eigenvalue weighted by Gasteiger charge is 2.34. The smallest absolute Gasteiger partial charge is 0.320 e. The van der Waals surface area contributed by atoms with E-state index in [4.69, 9.17) is 5.11 Å². The van der Waals surface area contributed by atoms with Crippen LogP contribution < -0.4 is 5.32 Å². The monoisotopic (exact) mass is 183 g/mol. The molecule has 0 aromatic heterocycles. The largest absolute Gasteiger partial charge is 0.480 e. The standard InChI is InChI=1S/C10H17NO2/c12-10(13)9-5-7-3-1-2-4-8(7)6-11-9/h7-9,11H,1-6H2,(H,12,13). The van der Waals surface area contributed by atoms with Gasteiger partial charge in [-0.15, -0.1) is 0 Å². The van der Waals surface area contributed by atoms with Gasteiger partial charge in [-0.3, -0.25) is 4.79 Å². The molecule has 1 saturated heterocycles. The maximum Gasteiger partial charge on any atom is 0.320 e. The Hall–Kier alpha value is -0.570. The van der Waals surface area contributed by atoms with Crippen molar-refractivity contribution >= 4 is 5.97 Å². The van der Waals surface area contributed by atoms with Crippen molar-refractivity contribution in [2.45, 2.75) is 38.1 Å². The Balaban J connectivity index is 1.95. The van der Waals surface area contributed by atoms with Gasteiger partial charge in [0.1, 0.15) is 6.04 Å². The van der Waals surface area contributed by atoms with Crippen LogP contribution in [-0.4, -0.2) is 23.7 Å². The van der Waals surface area contributed by atoms with Gasteiger partial charge in [0.15, 0.2) is 0 Å². The zero-order valence-corrected chi connectivity index (χ0v) is 7.83. The van der Waals surface area contributed by atoms with Crippen molar-refractivity contribution in [3.63, 3.8) is 0 Å². The molecule has 3 unspecified atom stereocenters. The highest BCUT2D eigenvalue weighted by atomic mass is 16.4. The summed E-state index contributed by atoms with van der Waals surface area (Å²) in [6.07, 6.45) is 6.02. The average molecular weight is 183 g/mol. The van der Waals surface area contributed by atoms with E-state index >= 15 is 0 Å². The zero-order chi connectivity index (χ0) is 9.26. The molecule has 74 valence electrons. The number of piperidine rings is 1. The minimum Gasteiger partial charge on any atom is -0.480 e. The maximum absolute atomic E-state index is 10.8. The molecule has 13 heavy (non-hydrogen) atoms. The van der Waals surface area contributed by atoms with Crippen LogP contribution in [0.2, 0.25) is 0 Å². The second-order valence-corrected chi connectivity index (χ2v) is 4.34. The Morgan fingerprint density at radius 2 is 1.92 bits per heavy atom. The molecule has 2 rings (SSSR count). The van der Waals surface area contributed by atoms with Crippen molar-refractivity contribution in [2.24, 2.45) is 11.8 Å². The first-order valence-electron chi connectivity index (χ1n) is 5.23. The minimum absolute atomic E-state index is 0.278. The molecule has 1 aliphatic heterocycles. The Kier molecular flexibility index (Phi) is 2.54. The molecule has 0 aromatic carbocycles. The summed E-state index contributed by atoms with van der Waals surface area (Å²) < 4.78 is 0. The summed E-state index contributed by atoms with van der Waals surface area (Å²) in [6, 6.07) is -0.278. The fourth-order valence-corrected chi connectivity index (χ4v) is 2.73. The van der Waals surface area contributed by atoms with Crippen LogP contribution in [0.4, 0.5) is 0 Å². The van der Waals surface area contributed by atoms with Crippen LogP contribution >= 0.6 is 0 Å². The van der Waals surface area contributed by atoms with E-state index in [2.05, 4.69) is 5.32 Å². The number of carboxylic acids is 1. The molecule has 0 radical (unpaired) electrons. The van der Waals surface area contributed by atoms with Gasteiger partial charge in [0.2, 0.25) is 0 Å². The number of carbonyl (C=O) groups is 1. The number of hydrogen-bond acceptors (Lipinski definition) is 2. The van der Waals surface area contributed by atoms with Gasteiger partial charge in [-0.25, -0.2) is 0 Å². The van der Waals surface area contributed by atoms with Gasteiger partial charge in [0.25, 0.3) is 0 Å². The highest BCUT2D eigenvalue weighted by Crippen LogP contribution is 2.35. The predicted octanol–water partition coefficient (Wildman–Crippen LogP) is 1.24. The van der Waals surface area contributed by atoms with Crippen LogP contribution in [-0.2, 0) is 4.79 Å². The van der Waals surface area contributed by atoms with E-state index in [0.717, 1.165) is 18.9 Å². The SMILES string of the molecule is O=C(O)C1CC2CCCCC2CN1. The highest BCUT2D eigenvalue weighted by molar-refractivity contribution is 5.73. The summed E-state index contributed by atoms with van der Waals surface area (Å²) in [5.41, 5.74) is 0. The summed E-state index contributed by atoms with van der Waals surface area (Å²) in [5, 5.41) is 12.0. The summed E-state index contributed by atoms with van der Waals surface area (Å²) in [6.45, 7) is 0.918. The molecule has 3 atom stereocenters. The van der Waals surface area contributed by atoms with E-state index in [0.29, 0.717) is 5.92 Å². The summed E-state index contributed by atoms with van der Waals surface area (Å²) >= 11 is 0. The molecule has 2 aliphatic rings. The molecule has 0 aromatic rings. The molecule has 1 saturated carbocycles. The van der Waals surface area contributed by atoms with Crippen molar-refractivity contribution in [1.29, 1.82) is 0 Å². The maximum atomic E-state index is 10.8. The summed E-state index contributed by atoms with van der Waals surface area (Å²) in [7, 11) is 0. The molecular formula is C10H17NO2. The molecular weight excluding hydrogens is 166 g/mol. The molecule has 0 amide bonds. The van der Waals surface area contributed by atoms with Gasteiger partial charge in [0, 0.05) is 0 Å². The van der Waals surface area contributed by atoms with Crippen molar-refractivity contribution in [1.82, 2.24) is 5.32 Å². The van der Waals surface area contributed by atoms with E-state index in [-0.39, 0.29) is 6.04 Å². The van der Waals surface area contributed by atoms with Crippen LogP contribution in [0.1, 0.15) is 32.1 Å². The Labute approximate surface area is 78.5 Å². The average Bonchev–Trinajstić information content (AvgIpc) is 2.17. The molecule has 0 bridgehead atoms. The van der Waals surface area contributed by atoms with E-state index < -0.39 is 5.97 Å². The third-order valence-electron chi connectivity index (χ3n) is 3.53. The van der Waals surface area contributed by atoms with Crippen molar-refractivity contribution in [3.8, 4) is 0 Å². The lowest BCUT2D eigenvalue weighted by Gasteiger charge is -2.38. The summed E-state index contributed by atoms with van der Waals surface area (Å²) in [5.74, 6) is 0.754. The van der Waals surface area contributed by atoms with E-state index in [1.54, 1.807) is 0 Å². The number of fused-ring (bicyclic) bond motifs is 1. The van der Waals surface area contributed by atoms with Gasteiger partial charge >= 0.3 is 5.97 Å². The van der Waals surface area contributed by atoms with Crippen LogP contribution in [0.25, 0.3) is 0 Å². The quantitative estimate of drug-likeness (QED) is 0.643. The van der Waals surface area contributed by atoms with Gasteiger partial charge < -0.3 is 10.4 Å². The molecule has 2 N–H and O–H groups in total. The van der Waals surface area contributed by atoms with E-state index in [1.807, 2.05) is 0 Å². The second-order valence-electron chi connectivity index (χ2n) is 4.34. The van der Waals surface area contributed by atoms with Crippen LogP contribution in [0.15, 0.2) is 0 Å². The zero-order valence-electron chi connectivity index (χ0n) is 7.83. The molecule has 3 nitrogen and oxygen atoms in total. The first kappa shape index (κ1) is 9.00. The number of carboxylic acid groups (broad SMARTS) is 1. The van der Waals surface area contributed by atoms with Crippen molar-refractivity contribution < 1.29 is 9.90 Å². The topological polar surface area (TPSA) is 49.3 Å². The minimum atomic E-state index is -0.677. The fraction of sp³-hybridized carbons (Fsp3) is 0.900. The number of hydrogen-bond donors (Lipinski definition) is 2. The van der Waals surface area contributed by atoms with Crippen LogP contribution in [0.3, 0.4) is 0 Å². The van der Waals surface area contributed by atoms with Gasteiger partial charge in [-0.1, -0.05) is 19.3 Å². The third-order valence-corrected chi connectivity index (χ3v) is 3.53. The number of aliphatic carboxylic acids is 1. The fourth-order valence-electron chi connectivity index (χ4n) is 2.73. The van der Waals surface area contributed by atoms with Gasteiger partial charge in [-0.05, 0) is 31.2 Å². The number of rotatable bonds is 1. The lowest BCUT2D eigenvalue weighted by molar-refractivity contribution is -0.141. The lowest BCUT2D eigenvalue weighted by atomic mass is 9.74. The number of nitrogens with one attached hydrogen (secondary N) is 1. The normalized spacial score (nSPS) is 39.5. The lowest BCUT2D eigenvalue weighted by Crippen LogP contribution is -2.48. The Morgan fingerprint density at radius 1 is 1.23 bits per heavy atom. The molecule has 1 aliphatic carbocycles. The van der Waals surface area contributed by atoms with Crippen LogP contribution in [0, 0.1) is 11.8 Å². The molecule has 3 heteroatoms. The van der Waals surface area contributed by atoms with E-state index in [9.17, 15) is 4.79 Å².